The Balaban J connectivity index is 2.34. The molecular weight excluding hydrogens is 294 g/mol. The molecule has 1 rings (SSSR count). The van der Waals surface area contributed by atoms with E-state index in [1.165, 1.54) is 12.0 Å². The molecule has 1 unspecified atom stereocenters. The van der Waals surface area contributed by atoms with Crippen LogP contribution in [0.1, 0.15) is 13.8 Å². The van der Waals surface area contributed by atoms with E-state index in [0.717, 1.165) is 30.4 Å². The molecule has 5 heteroatoms. The van der Waals surface area contributed by atoms with Gasteiger partial charge in [0.05, 0.1) is 13.0 Å². The first kappa shape index (κ1) is 17.3. The third kappa shape index (κ3) is 6.16. The Labute approximate surface area is 130 Å². The first-order valence-electron chi connectivity index (χ1n) is 6.75. The highest BCUT2D eigenvalue weighted by Crippen LogP contribution is 2.20. The predicted octanol–water partition coefficient (Wildman–Crippen LogP) is 3.56. The van der Waals surface area contributed by atoms with Crippen molar-refractivity contribution >= 4 is 29.3 Å². The molecule has 0 N–H and O–H groups in total. The van der Waals surface area contributed by atoms with Crippen molar-refractivity contribution in [2.24, 2.45) is 5.92 Å². The van der Waals surface area contributed by atoms with Crippen molar-refractivity contribution in [2.75, 3.05) is 32.5 Å². The lowest BCUT2D eigenvalue weighted by atomic mass is 10.1. The summed E-state index contributed by atoms with van der Waals surface area (Å²) in [5.74, 6) is 0.762. The van der Waals surface area contributed by atoms with Gasteiger partial charge < -0.3 is 9.64 Å². The highest BCUT2D eigenvalue weighted by molar-refractivity contribution is 7.99. The number of carbonyl (C=O) groups is 1. The number of nitrogens with zero attached hydrogens (tertiary/aromatic N) is 1. The molecule has 112 valence electrons. The molecule has 0 aliphatic carbocycles. The average Bonchev–Trinajstić information content (AvgIpc) is 2.47. The van der Waals surface area contributed by atoms with Gasteiger partial charge in [-0.2, -0.15) is 0 Å². The first-order valence-corrected chi connectivity index (χ1v) is 8.11. The molecule has 0 radical (unpaired) electrons. The fourth-order valence-corrected chi connectivity index (χ4v) is 2.90. The fourth-order valence-electron chi connectivity index (χ4n) is 1.86. The number of thioether (sulfide) groups is 1. The topological polar surface area (TPSA) is 29.5 Å². The zero-order chi connectivity index (χ0) is 15.0. The lowest BCUT2D eigenvalue weighted by Crippen LogP contribution is -2.33. The van der Waals surface area contributed by atoms with Crippen LogP contribution in [0.15, 0.2) is 29.2 Å². The van der Waals surface area contributed by atoms with Gasteiger partial charge in [-0.1, -0.05) is 25.4 Å². The summed E-state index contributed by atoms with van der Waals surface area (Å²) in [6.07, 6.45) is 0. The van der Waals surface area contributed by atoms with Crippen LogP contribution < -0.4 is 0 Å². The van der Waals surface area contributed by atoms with Crippen molar-refractivity contribution < 1.29 is 9.53 Å². The maximum Gasteiger partial charge on any atom is 0.309 e. The minimum Gasteiger partial charge on any atom is -0.469 e. The summed E-state index contributed by atoms with van der Waals surface area (Å²) in [5.41, 5.74) is 0. The second-order valence-electron chi connectivity index (χ2n) is 4.62. The van der Waals surface area contributed by atoms with Crippen LogP contribution >= 0.6 is 23.4 Å². The zero-order valence-electron chi connectivity index (χ0n) is 12.3. The second-order valence-corrected chi connectivity index (χ2v) is 6.22. The summed E-state index contributed by atoms with van der Waals surface area (Å²) in [6.45, 7) is 6.63. The van der Waals surface area contributed by atoms with Crippen molar-refractivity contribution in [3.63, 3.8) is 0 Å². The monoisotopic (exact) mass is 315 g/mol. The number of hydrogen-bond donors (Lipinski definition) is 0. The van der Waals surface area contributed by atoms with Gasteiger partial charge in [0.25, 0.3) is 0 Å². The van der Waals surface area contributed by atoms with Crippen molar-refractivity contribution in [3.8, 4) is 0 Å². The third-order valence-corrected chi connectivity index (χ3v) is 4.32. The fraction of sp³-hybridized carbons (Fsp3) is 0.533. The summed E-state index contributed by atoms with van der Waals surface area (Å²) in [4.78, 5) is 14.9. The highest BCUT2D eigenvalue weighted by atomic mass is 35.5. The van der Waals surface area contributed by atoms with E-state index >= 15 is 0 Å². The first-order chi connectivity index (χ1) is 9.56. The van der Waals surface area contributed by atoms with Crippen LogP contribution in [0.5, 0.6) is 0 Å². The van der Waals surface area contributed by atoms with Gasteiger partial charge in [0, 0.05) is 28.8 Å². The number of ether oxygens (including phenoxy) is 1. The number of methoxy groups -OCH3 is 1. The molecule has 0 saturated carbocycles. The highest BCUT2D eigenvalue weighted by Gasteiger charge is 2.16. The number of benzene rings is 1. The molecule has 0 bridgehead atoms. The smallest absolute Gasteiger partial charge is 0.309 e. The van der Waals surface area contributed by atoms with Crippen molar-refractivity contribution in [1.82, 2.24) is 4.90 Å². The summed E-state index contributed by atoms with van der Waals surface area (Å²) in [6, 6.07) is 7.86. The van der Waals surface area contributed by atoms with E-state index in [1.54, 1.807) is 11.8 Å². The molecule has 0 amide bonds. The van der Waals surface area contributed by atoms with Gasteiger partial charge in [0.1, 0.15) is 0 Å². The summed E-state index contributed by atoms with van der Waals surface area (Å²) in [7, 11) is 1.44. The molecule has 0 aromatic heterocycles. The molecule has 1 aromatic rings. The second kappa shape index (κ2) is 9.27. The number of esters is 1. The van der Waals surface area contributed by atoms with Crippen molar-refractivity contribution in [1.29, 1.82) is 0 Å². The van der Waals surface area contributed by atoms with E-state index < -0.39 is 0 Å². The molecule has 1 atom stereocenters. The van der Waals surface area contributed by atoms with Gasteiger partial charge in [-0.15, -0.1) is 11.8 Å². The van der Waals surface area contributed by atoms with Crippen LogP contribution in [-0.4, -0.2) is 43.4 Å². The summed E-state index contributed by atoms with van der Waals surface area (Å²) < 4.78 is 4.76. The molecule has 0 fully saturated rings. The minimum atomic E-state index is -0.145. The van der Waals surface area contributed by atoms with Gasteiger partial charge in [-0.3, -0.25) is 4.79 Å². The number of halogens is 1. The van der Waals surface area contributed by atoms with E-state index in [1.807, 2.05) is 31.2 Å². The van der Waals surface area contributed by atoms with E-state index in [9.17, 15) is 4.79 Å². The van der Waals surface area contributed by atoms with Crippen molar-refractivity contribution in [3.05, 3.63) is 29.3 Å². The van der Waals surface area contributed by atoms with E-state index in [-0.39, 0.29) is 11.9 Å². The molecule has 3 nitrogen and oxygen atoms in total. The molecule has 20 heavy (non-hydrogen) atoms. The third-order valence-electron chi connectivity index (χ3n) is 3.07. The van der Waals surface area contributed by atoms with Gasteiger partial charge >= 0.3 is 5.97 Å². The summed E-state index contributed by atoms with van der Waals surface area (Å²) in [5, 5.41) is 0.761. The SMILES string of the molecule is CCN(CCSc1ccc(Cl)cc1)CC(C)C(=O)OC. The largest absolute Gasteiger partial charge is 0.469 e. The maximum absolute atomic E-state index is 11.4. The number of hydrogen-bond acceptors (Lipinski definition) is 4. The van der Waals surface area contributed by atoms with Gasteiger partial charge in [-0.05, 0) is 30.8 Å². The molecular formula is C15H22ClNO2S. The number of rotatable bonds is 8. The molecule has 1 aromatic carbocycles. The van der Waals surface area contributed by atoms with Crippen LogP contribution in [0.3, 0.4) is 0 Å². The van der Waals surface area contributed by atoms with Gasteiger partial charge in [-0.25, -0.2) is 0 Å². The van der Waals surface area contributed by atoms with E-state index in [4.69, 9.17) is 16.3 Å². The standard InChI is InChI=1S/C15H22ClNO2S/c1-4-17(11-12(2)15(18)19-3)9-10-20-14-7-5-13(16)6-8-14/h5-8,12H,4,9-11H2,1-3H3. The van der Waals surface area contributed by atoms with Crippen LogP contribution in [0.25, 0.3) is 0 Å². The van der Waals surface area contributed by atoms with E-state index in [2.05, 4.69) is 11.8 Å². The average molecular weight is 316 g/mol. The quantitative estimate of drug-likeness (QED) is 0.542. The van der Waals surface area contributed by atoms with Crippen LogP contribution in [-0.2, 0) is 9.53 Å². The summed E-state index contributed by atoms with van der Waals surface area (Å²) >= 11 is 7.66. The number of carbonyl (C=O) groups excluding carboxylic acids is 1. The maximum atomic E-state index is 11.4. The Kier molecular flexibility index (Phi) is 8.04. The van der Waals surface area contributed by atoms with Crippen LogP contribution in [0, 0.1) is 5.92 Å². The lowest BCUT2D eigenvalue weighted by molar-refractivity contribution is -0.145. The molecule has 0 spiro atoms. The minimum absolute atomic E-state index is 0.0829. The van der Waals surface area contributed by atoms with Crippen LogP contribution in [0.4, 0.5) is 0 Å². The lowest BCUT2D eigenvalue weighted by Gasteiger charge is -2.22. The van der Waals surface area contributed by atoms with Crippen molar-refractivity contribution in [2.45, 2.75) is 18.7 Å². The molecule has 0 aliphatic heterocycles. The molecule has 0 heterocycles. The Hall–Kier alpha value is -0.710. The Morgan fingerprint density at radius 3 is 2.60 bits per heavy atom. The Bertz CT molecular complexity index is 411. The van der Waals surface area contributed by atoms with Gasteiger partial charge in [0.15, 0.2) is 0 Å². The zero-order valence-corrected chi connectivity index (χ0v) is 13.8. The normalized spacial score (nSPS) is 12.4. The molecule has 0 saturated heterocycles. The van der Waals surface area contributed by atoms with Crippen LogP contribution in [0.2, 0.25) is 5.02 Å². The molecule has 0 aliphatic rings. The van der Waals surface area contributed by atoms with E-state index in [0.29, 0.717) is 0 Å². The Morgan fingerprint density at radius 2 is 2.05 bits per heavy atom. The Morgan fingerprint density at radius 1 is 1.40 bits per heavy atom. The van der Waals surface area contributed by atoms with Gasteiger partial charge in [0.2, 0.25) is 0 Å². The predicted molar refractivity (Wildman–Crippen MR) is 85.5 cm³/mol.